The Hall–Kier alpha value is -3.94. The Morgan fingerprint density at radius 1 is 1.13 bits per heavy atom. The second kappa shape index (κ2) is 7.14. The van der Waals surface area contributed by atoms with Gasteiger partial charge in [0, 0.05) is 18.5 Å². The zero-order chi connectivity index (χ0) is 20.7. The van der Waals surface area contributed by atoms with Crippen molar-refractivity contribution in [2.24, 2.45) is 0 Å². The zero-order valence-electron chi connectivity index (χ0n) is 16.1. The summed E-state index contributed by atoms with van der Waals surface area (Å²) in [5.74, 6) is 1.08. The van der Waals surface area contributed by atoms with Gasteiger partial charge in [0.15, 0.2) is 0 Å². The van der Waals surface area contributed by atoms with E-state index in [-0.39, 0.29) is 17.4 Å². The van der Waals surface area contributed by atoms with Gasteiger partial charge in [-0.2, -0.15) is 4.98 Å². The number of hydrogen-bond acceptors (Lipinski definition) is 7. The summed E-state index contributed by atoms with van der Waals surface area (Å²) < 4.78 is 16.0. The van der Waals surface area contributed by atoms with E-state index in [9.17, 15) is 9.59 Å². The number of rotatable bonds is 4. The smallest absolute Gasteiger partial charge is 0.349 e. The van der Waals surface area contributed by atoms with E-state index in [0.29, 0.717) is 41.5 Å². The van der Waals surface area contributed by atoms with Crippen molar-refractivity contribution in [2.45, 2.75) is 5.92 Å². The van der Waals surface area contributed by atoms with Crippen LogP contribution in [0.4, 0.5) is 0 Å². The molecule has 8 nitrogen and oxygen atoms in total. The molecule has 150 valence electrons. The topological polar surface area (TPSA) is 98.7 Å². The number of fused-ring (bicyclic) bond motifs is 1. The second-order valence-corrected chi connectivity index (χ2v) is 7.05. The predicted molar refractivity (Wildman–Crippen MR) is 107 cm³/mol. The molecule has 0 radical (unpaired) electrons. The number of hydrogen-bond donors (Lipinski definition) is 0. The minimum atomic E-state index is -0.640. The van der Waals surface area contributed by atoms with Gasteiger partial charge in [0.1, 0.15) is 16.9 Å². The van der Waals surface area contributed by atoms with Gasteiger partial charge in [-0.25, -0.2) is 4.79 Å². The van der Waals surface area contributed by atoms with Crippen molar-refractivity contribution in [1.29, 1.82) is 0 Å². The molecule has 0 N–H and O–H groups in total. The van der Waals surface area contributed by atoms with Crippen LogP contribution in [0.25, 0.3) is 22.4 Å². The van der Waals surface area contributed by atoms with Gasteiger partial charge in [-0.15, -0.1) is 0 Å². The van der Waals surface area contributed by atoms with Crippen molar-refractivity contribution < 1.29 is 18.5 Å². The van der Waals surface area contributed by atoms with Gasteiger partial charge in [-0.1, -0.05) is 35.5 Å². The molecule has 0 atom stereocenters. The molecule has 3 heterocycles. The third-order valence-corrected chi connectivity index (χ3v) is 5.18. The van der Waals surface area contributed by atoms with E-state index in [1.54, 1.807) is 36.3 Å². The van der Waals surface area contributed by atoms with Gasteiger partial charge in [0.25, 0.3) is 5.91 Å². The standard InChI is InChI=1S/C22H17N3O5/c1-28-18-9-5-3-7-15(18)19-23-20(30-24-19)14-11-25(12-14)21(26)16-10-13-6-2-4-8-17(13)29-22(16)27/h2-10,14H,11-12H2,1H3. The number of ether oxygens (including phenoxy) is 1. The molecule has 4 aromatic rings. The molecule has 5 rings (SSSR count). The van der Waals surface area contributed by atoms with Gasteiger partial charge >= 0.3 is 5.63 Å². The molecular weight excluding hydrogens is 386 g/mol. The van der Waals surface area contributed by atoms with Crippen molar-refractivity contribution in [2.75, 3.05) is 20.2 Å². The van der Waals surface area contributed by atoms with Crippen LogP contribution >= 0.6 is 0 Å². The van der Waals surface area contributed by atoms with Gasteiger partial charge in [-0.05, 0) is 24.3 Å². The molecule has 1 aliphatic heterocycles. The normalized spacial score (nSPS) is 14.0. The fraction of sp³-hybridized carbons (Fsp3) is 0.182. The van der Waals surface area contributed by atoms with Crippen molar-refractivity contribution in [3.63, 3.8) is 0 Å². The van der Waals surface area contributed by atoms with Crippen LogP contribution in [0.5, 0.6) is 5.75 Å². The van der Waals surface area contributed by atoms with E-state index >= 15 is 0 Å². The van der Waals surface area contributed by atoms with Crippen LogP contribution < -0.4 is 10.4 Å². The number of likely N-dealkylation sites (tertiary alicyclic amines) is 1. The van der Waals surface area contributed by atoms with Crippen LogP contribution in [0.3, 0.4) is 0 Å². The lowest BCUT2D eigenvalue weighted by atomic mass is 9.99. The highest BCUT2D eigenvalue weighted by Gasteiger charge is 2.37. The van der Waals surface area contributed by atoms with Crippen LogP contribution in [0.15, 0.2) is 68.3 Å². The van der Waals surface area contributed by atoms with Crippen molar-refractivity contribution in [1.82, 2.24) is 15.0 Å². The Morgan fingerprint density at radius 2 is 1.90 bits per heavy atom. The Bertz CT molecular complexity index is 1300. The lowest BCUT2D eigenvalue weighted by molar-refractivity contribution is 0.0565. The summed E-state index contributed by atoms with van der Waals surface area (Å²) in [7, 11) is 1.58. The molecule has 0 saturated carbocycles. The number of para-hydroxylation sites is 2. The number of methoxy groups -OCH3 is 1. The fourth-order valence-electron chi connectivity index (χ4n) is 3.52. The lowest BCUT2D eigenvalue weighted by Gasteiger charge is -2.36. The second-order valence-electron chi connectivity index (χ2n) is 7.05. The highest BCUT2D eigenvalue weighted by atomic mass is 16.5. The zero-order valence-corrected chi connectivity index (χ0v) is 16.1. The lowest BCUT2D eigenvalue weighted by Crippen LogP contribution is -2.49. The number of carbonyl (C=O) groups excluding carboxylic acids is 1. The third-order valence-electron chi connectivity index (χ3n) is 5.18. The number of carbonyl (C=O) groups is 1. The highest BCUT2D eigenvalue weighted by Crippen LogP contribution is 2.31. The third kappa shape index (κ3) is 3.02. The van der Waals surface area contributed by atoms with E-state index in [1.165, 1.54) is 0 Å². The van der Waals surface area contributed by atoms with E-state index in [2.05, 4.69) is 10.1 Å². The number of aromatic nitrogens is 2. The molecule has 0 bridgehead atoms. The molecule has 1 saturated heterocycles. The maximum atomic E-state index is 12.8. The molecule has 0 unspecified atom stereocenters. The molecular formula is C22H17N3O5. The Labute approximate surface area is 170 Å². The summed E-state index contributed by atoms with van der Waals surface area (Å²) in [5, 5.41) is 4.74. The van der Waals surface area contributed by atoms with Crippen LogP contribution in [0, 0.1) is 0 Å². The maximum absolute atomic E-state index is 12.8. The Kier molecular flexibility index (Phi) is 4.31. The first-order valence-electron chi connectivity index (χ1n) is 9.43. The minimum Gasteiger partial charge on any atom is -0.496 e. The molecule has 2 aromatic carbocycles. The van der Waals surface area contributed by atoms with Crippen LogP contribution in [0.2, 0.25) is 0 Å². The molecule has 8 heteroatoms. The first-order valence-corrected chi connectivity index (χ1v) is 9.43. The van der Waals surface area contributed by atoms with Crippen LogP contribution in [-0.4, -0.2) is 41.1 Å². The summed E-state index contributed by atoms with van der Waals surface area (Å²) in [5.41, 5.74) is 0.567. The van der Waals surface area contributed by atoms with Crippen molar-refractivity contribution in [3.8, 4) is 17.1 Å². The summed E-state index contributed by atoms with van der Waals surface area (Å²) >= 11 is 0. The molecule has 1 fully saturated rings. The number of nitrogens with zero attached hydrogens (tertiary/aromatic N) is 3. The fourth-order valence-corrected chi connectivity index (χ4v) is 3.52. The van der Waals surface area contributed by atoms with Crippen molar-refractivity contribution >= 4 is 16.9 Å². The summed E-state index contributed by atoms with van der Waals surface area (Å²) in [4.78, 5) is 31.0. The average Bonchev–Trinajstić information content (AvgIpc) is 3.21. The Balaban J connectivity index is 1.32. The van der Waals surface area contributed by atoms with Gasteiger partial charge < -0.3 is 18.6 Å². The predicted octanol–water partition coefficient (Wildman–Crippen LogP) is 3.09. The van der Waals surface area contributed by atoms with Crippen LogP contribution in [0.1, 0.15) is 22.2 Å². The molecule has 1 amide bonds. The maximum Gasteiger partial charge on any atom is 0.349 e. The Morgan fingerprint density at radius 3 is 2.73 bits per heavy atom. The van der Waals surface area contributed by atoms with Crippen LogP contribution in [-0.2, 0) is 0 Å². The van der Waals surface area contributed by atoms with Crippen molar-refractivity contribution in [3.05, 3.63) is 76.5 Å². The molecule has 1 aliphatic rings. The van der Waals surface area contributed by atoms with E-state index < -0.39 is 5.63 Å². The largest absolute Gasteiger partial charge is 0.496 e. The summed E-state index contributed by atoms with van der Waals surface area (Å²) in [6, 6.07) is 16.1. The minimum absolute atomic E-state index is 0.0207. The first-order chi connectivity index (χ1) is 14.6. The van der Waals surface area contributed by atoms with Gasteiger partial charge in [0.05, 0.1) is 18.6 Å². The SMILES string of the molecule is COc1ccccc1-c1noc(C2CN(C(=O)c3cc4ccccc4oc3=O)C2)n1. The van der Waals surface area contributed by atoms with E-state index in [1.807, 2.05) is 30.3 Å². The van der Waals surface area contributed by atoms with E-state index in [0.717, 1.165) is 5.56 Å². The summed E-state index contributed by atoms with van der Waals surface area (Å²) in [6.45, 7) is 0.775. The molecule has 0 aliphatic carbocycles. The average molecular weight is 403 g/mol. The number of benzene rings is 2. The van der Waals surface area contributed by atoms with E-state index in [4.69, 9.17) is 13.7 Å². The van der Waals surface area contributed by atoms with Gasteiger partial charge in [-0.3, -0.25) is 4.79 Å². The van der Waals surface area contributed by atoms with Gasteiger partial charge in [0.2, 0.25) is 11.7 Å². The molecule has 2 aromatic heterocycles. The highest BCUT2D eigenvalue weighted by molar-refractivity contribution is 5.97. The summed E-state index contributed by atoms with van der Waals surface area (Å²) in [6.07, 6.45) is 0. The first kappa shape index (κ1) is 18.1. The quantitative estimate of drug-likeness (QED) is 0.483. The molecule has 30 heavy (non-hydrogen) atoms. The molecule has 0 spiro atoms. The number of amides is 1. The monoisotopic (exact) mass is 403 g/mol.